The van der Waals surface area contributed by atoms with Crippen molar-refractivity contribution in [2.45, 2.75) is 17.7 Å². The molecule has 0 bridgehead atoms. The molecule has 25 heavy (non-hydrogen) atoms. The second kappa shape index (κ2) is 5.59. The summed E-state index contributed by atoms with van der Waals surface area (Å²) < 4.78 is 31.7. The van der Waals surface area contributed by atoms with Crippen molar-refractivity contribution in [2.24, 2.45) is 11.8 Å². The molecule has 1 saturated heterocycles. The van der Waals surface area contributed by atoms with Crippen molar-refractivity contribution in [3.8, 4) is 5.75 Å². The van der Waals surface area contributed by atoms with Gasteiger partial charge in [0.2, 0.25) is 5.91 Å². The minimum absolute atomic E-state index is 0.0705. The minimum Gasteiger partial charge on any atom is -0.497 e. The lowest BCUT2D eigenvalue weighted by atomic mass is 10.1. The summed E-state index contributed by atoms with van der Waals surface area (Å²) in [7, 11) is -2.15. The molecular formula is C19H19NO4S. The number of carbonyl (C=O) groups is 1. The van der Waals surface area contributed by atoms with Crippen LogP contribution in [0.2, 0.25) is 0 Å². The third-order valence-electron chi connectivity index (χ3n) is 5.19. The summed E-state index contributed by atoms with van der Waals surface area (Å²) in [5.74, 6) is 0.438. The van der Waals surface area contributed by atoms with Crippen molar-refractivity contribution in [3.63, 3.8) is 0 Å². The van der Waals surface area contributed by atoms with Gasteiger partial charge in [-0.3, -0.25) is 4.79 Å². The summed E-state index contributed by atoms with van der Waals surface area (Å²) in [6, 6.07) is 14.2. The van der Waals surface area contributed by atoms with Gasteiger partial charge in [-0.25, -0.2) is 12.7 Å². The fourth-order valence-corrected chi connectivity index (χ4v) is 5.18. The first-order chi connectivity index (χ1) is 11.9. The Labute approximate surface area is 147 Å². The molecule has 5 nitrogen and oxygen atoms in total. The molecule has 3 atom stereocenters. The lowest BCUT2D eigenvalue weighted by Gasteiger charge is -2.20. The Morgan fingerprint density at radius 3 is 2.16 bits per heavy atom. The van der Waals surface area contributed by atoms with E-state index in [2.05, 4.69) is 0 Å². The van der Waals surface area contributed by atoms with Gasteiger partial charge < -0.3 is 4.74 Å². The predicted molar refractivity (Wildman–Crippen MR) is 92.8 cm³/mol. The second-order valence-electron chi connectivity index (χ2n) is 6.68. The molecule has 0 radical (unpaired) electrons. The zero-order valence-corrected chi connectivity index (χ0v) is 14.9. The van der Waals surface area contributed by atoms with E-state index < -0.39 is 10.0 Å². The first-order valence-corrected chi connectivity index (χ1v) is 9.64. The third kappa shape index (κ3) is 2.52. The zero-order valence-electron chi connectivity index (χ0n) is 14.0. The van der Waals surface area contributed by atoms with Crippen LogP contribution in [0, 0.1) is 18.8 Å². The monoisotopic (exact) mass is 357 g/mol. The Balaban J connectivity index is 1.54. The predicted octanol–water partition coefficient (Wildman–Crippen LogP) is 2.56. The third-order valence-corrected chi connectivity index (χ3v) is 6.96. The molecule has 2 aliphatic rings. The van der Waals surface area contributed by atoms with Gasteiger partial charge in [-0.15, -0.1) is 0 Å². The van der Waals surface area contributed by atoms with Gasteiger partial charge in [0.1, 0.15) is 5.75 Å². The highest BCUT2D eigenvalue weighted by molar-refractivity contribution is 7.89. The van der Waals surface area contributed by atoms with E-state index in [1.807, 2.05) is 31.2 Å². The molecule has 0 N–H and O–H groups in total. The number of methoxy groups -OCH3 is 1. The molecule has 1 aliphatic heterocycles. The molecule has 1 aliphatic carbocycles. The number of rotatable bonds is 4. The van der Waals surface area contributed by atoms with Gasteiger partial charge >= 0.3 is 0 Å². The van der Waals surface area contributed by atoms with Crippen molar-refractivity contribution in [3.05, 3.63) is 59.7 Å². The summed E-state index contributed by atoms with van der Waals surface area (Å²) in [5.41, 5.74) is 2.05. The number of ether oxygens (including phenoxy) is 1. The second-order valence-corrected chi connectivity index (χ2v) is 8.54. The van der Waals surface area contributed by atoms with E-state index >= 15 is 0 Å². The highest BCUT2D eigenvalue weighted by atomic mass is 32.2. The normalized spacial score (nSPS) is 25.0. The molecule has 2 aromatic carbocycles. The summed E-state index contributed by atoms with van der Waals surface area (Å²) in [4.78, 5) is 12.8. The maximum absolute atomic E-state index is 12.7. The Kier molecular flexibility index (Phi) is 3.61. The molecule has 0 aromatic heterocycles. The summed E-state index contributed by atoms with van der Waals surface area (Å²) >= 11 is 0. The fourth-order valence-electron chi connectivity index (χ4n) is 3.72. The van der Waals surface area contributed by atoms with E-state index in [0.717, 1.165) is 21.2 Å². The number of aryl methyl sites for hydroxylation is 1. The Bertz CT molecular complexity index is 919. The topological polar surface area (TPSA) is 63.7 Å². The first kappa shape index (κ1) is 16.1. The van der Waals surface area contributed by atoms with E-state index in [1.165, 1.54) is 0 Å². The van der Waals surface area contributed by atoms with Gasteiger partial charge in [0.15, 0.2) is 0 Å². The average molecular weight is 357 g/mol. The SMILES string of the molecule is COc1ccc(C2C3CN(S(=O)(=O)c4ccc(C)cc4)C(=O)C32)cc1. The molecule has 2 aromatic rings. The molecule has 0 spiro atoms. The Morgan fingerprint density at radius 1 is 1.00 bits per heavy atom. The van der Waals surface area contributed by atoms with Gasteiger partial charge in [0, 0.05) is 12.5 Å². The molecule has 2 fully saturated rings. The number of piperidine rings is 1. The van der Waals surface area contributed by atoms with Crippen molar-refractivity contribution in [1.82, 2.24) is 4.31 Å². The molecule has 1 amide bonds. The standard InChI is InChI=1S/C19H19NO4S/c1-12-3-9-15(10-4-12)25(22,23)20-11-16-17(18(16)19(20)21)13-5-7-14(24-2)8-6-13/h3-10,16-18H,11H2,1-2H3. The molecule has 6 heteroatoms. The van der Waals surface area contributed by atoms with Crippen molar-refractivity contribution >= 4 is 15.9 Å². The maximum Gasteiger partial charge on any atom is 0.266 e. The maximum atomic E-state index is 12.7. The largest absolute Gasteiger partial charge is 0.497 e. The minimum atomic E-state index is -3.76. The van der Waals surface area contributed by atoms with E-state index in [4.69, 9.17) is 4.74 Å². The van der Waals surface area contributed by atoms with Crippen LogP contribution in [-0.4, -0.2) is 32.3 Å². The molecule has 4 rings (SSSR count). The van der Waals surface area contributed by atoms with Crippen LogP contribution in [0.15, 0.2) is 53.4 Å². The molecule has 1 heterocycles. The lowest BCUT2D eigenvalue weighted by Crippen LogP contribution is -2.35. The fraction of sp³-hybridized carbons (Fsp3) is 0.316. The van der Waals surface area contributed by atoms with E-state index in [-0.39, 0.29) is 35.1 Å². The number of amides is 1. The van der Waals surface area contributed by atoms with E-state index in [1.54, 1.807) is 31.4 Å². The van der Waals surface area contributed by atoms with Crippen LogP contribution in [0.4, 0.5) is 0 Å². The van der Waals surface area contributed by atoms with Gasteiger partial charge in [-0.1, -0.05) is 29.8 Å². The average Bonchev–Trinajstić information content (AvgIpc) is 3.23. The summed E-state index contributed by atoms with van der Waals surface area (Å²) in [6.45, 7) is 2.16. The lowest BCUT2D eigenvalue weighted by molar-refractivity contribution is -0.125. The molecule has 1 saturated carbocycles. The Hall–Kier alpha value is -2.34. The van der Waals surface area contributed by atoms with Gasteiger partial charge in [0.05, 0.1) is 17.9 Å². The smallest absolute Gasteiger partial charge is 0.266 e. The van der Waals surface area contributed by atoms with Crippen LogP contribution in [-0.2, 0) is 14.8 Å². The number of carbonyl (C=O) groups excluding carboxylic acids is 1. The van der Waals surface area contributed by atoms with Gasteiger partial charge in [0.25, 0.3) is 10.0 Å². The van der Waals surface area contributed by atoms with Crippen LogP contribution >= 0.6 is 0 Å². The number of nitrogens with zero attached hydrogens (tertiary/aromatic N) is 1. The highest BCUT2D eigenvalue weighted by Crippen LogP contribution is 2.59. The van der Waals surface area contributed by atoms with Crippen molar-refractivity contribution in [2.75, 3.05) is 13.7 Å². The van der Waals surface area contributed by atoms with Crippen LogP contribution in [0.1, 0.15) is 17.0 Å². The van der Waals surface area contributed by atoms with E-state index in [0.29, 0.717) is 0 Å². The number of hydrogen-bond donors (Lipinski definition) is 0. The molecule has 3 unspecified atom stereocenters. The number of sulfonamides is 1. The van der Waals surface area contributed by atoms with Crippen molar-refractivity contribution in [1.29, 1.82) is 0 Å². The van der Waals surface area contributed by atoms with Crippen LogP contribution in [0.25, 0.3) is 0 Å². The number of hydrogen-bond acceptors (Lipinski definition) is 4. The quantitative estimate of drug-likeness (QED) is 0.844. The number of benzene rings is 2. The van der Waals surface area contributed by atoms with Crippen molar-refractivity contribution < 1.29 is 17.9 Å². The first-order valence-electron chi connectivity index (χ1n) is 8.20. The molecular weight excluding hydrogens is 338 g/mol. The Morgan fingerprint density at radius 2 is 1.64 bits per heavy atom. The highest BCUT2D eigenvalue weighted by Gasteiger charge is 2.64. The van der Waals surface area contributed by atoms with Crippen LogP contribution in [0.3, 0.4) is 0 Å². The summed E-state index contributed by atoms with van der Waals surface area (Å²) in [6.07, 6.45) is 0. The van der Waals surface area contributed by atoms with Gasteiger partial charge in [-0.05, 0) is 42.7 Å². The van der Waals surface area contributed by atoms with Crippen LogP contribution in [0.5, 0.6) is 5.75 Å². The number of fused-ring (bicyclic) bond motifs is 1. The van der Waals surface area contributed by atoms with Crippen LogP contribution < -0.4 is 4.74 Å². The zero-order chi connectivity index (χ0) is 17.8. The molecule has 130 valence electrons. The van der Waals surface area contributed by atoms with E-state index in [9.17, 15) is 13.2 Å². The summed E-state index contributed by atoms with van der Waals surface area (Å²) in [5, 5.41) is 0. The van der Waals surface area contributed by atoms with Gasteiger partial charge in [-0.2, -0.15) is 0 Å².